The van der Waals surface area contributed by atoms with Gasteiger partial charge in [0.2, 0.25) is 6.79 Å². The molecule has 1 N–H and O–H groups in total. The van der Waals surface area contributed by atoms with Gasteiger partial charge in [-0.05, 0) is 60.8 Å². The van der Waals surface area contributed by atoms with Crippen LogP contribution in [0.3, 0.4) is 0 Å². The lowest BCUT2D eigenvalue weighted by atomic mass is 9.64. The molecule has 0 bridgehead atoms. The van der Waals surface area contributed by atoms with E-state index in [9.17, 15) is 9.90 Å². The Hall–Kier alpha value is -1.79. The number of rotatable bonds is 1. The van der Waals surface area contributed by atoms with Gasteiger partial charge in [0.25, 0.3) is 0 Å². The number of ether oxygens (including phenoxy) is 3. The van der Waals surface area contributed by atoms with Crippen LogP contribution in [0.15, 0.2) is 12.1 Å². The first-order valence-corrected chi connectivity index (χ1v) is 9.58. The number of nitrogens with zero attached hydrogens (tertiary/aromatic N) is 1. The van der Waals surface area contributed by atoms with Crippen LogP contribution in [-0.4, -0.2) is 49.1 Å². The second kappa shape index (κ2) is 6.13. The molecule has 4 aliphatic rings. The number of aliphatic hydroxyl groups is 1. The van der Waals surface area contributed by atoms with Gasteiger partial charge in [0.1, 0.15) is 0 Å². The predicted molar refractivity (Wildman–Crippen MR) is 92.9 cm³/mol. The van der Waals surface area contributed by atoms with Gasteiger partial charge >= 0.3 is 5.97 Å². The maximum Gasteiger partial charge on any atom is 0.311 e. The minimum Gasteiger partial charge on any atom is -0.469 e. The highest BCUT2D eigenvalue weighted by molar-refractivity contribution is 5.73. The summed E-state index contributed by atoms with van der Waals surface area (Å²) in [5, 5.41) is 10.5. The van der Waals surface area contributed by atoms with Crippen molar-refractivity contribution in [3.63, 3.8) is 0 Å². The van der Waals surface area contributed by atoms with E-state index in [0.717, 1.165) is 43.9 Å². The fraction of sp³-hybridized carbons (Fsp3) is 0.650. The molecule has 140 valence electrons. The highest BCUT2D eigenvalue weighted by atomic mass is 16.7. The molecule has 0 radical (unpaired) electrons. The van der Waals surface area contributed by atoms with Crippen LogP contribution < -0.4 is 9.47 Å². The number of carbonyl (C=O) groups is 1. The normalized spacial score (nSPS) is 35.2. The summed E-state index contributed by atoms with van der Waals surface area (Å²) in [4.78, 5) is 14.9. The zero-order valence-electron chi connectivity index (χ0n) is 15.0. The lowest BCUT2D eigenvalue weighted by Crippen LogP contribution is -2.53. The predicted octanol–water partition coefficient (Wildman–Crippen LogP) is 1.89. The van der Waals surface area contributed by atoms with E-state index in [1.807, 2.05) is 0 Å². The van der Waals surface area contributed by atoms with Gasteiger partial charge in [-0.15, -0.1) is 0 Å². The molecule has 1 aliphatic carbocycles. The third kappa shape index (κ3) is 2.42. The number of hydrogen-bond donors (Lipinski definition) is 1. The summed E-state index contributed by atoms with van der Waals surface area (Å²) >= 11 is 0. The lowest BCUT2D eigenvalue weighted by molar-refractivity contribution is -0.160. The molecule has 1 aromatic carbocycles. The Morgan fingerprint density at radius 3 is 2.88 bits per heavy atom. The van der Waals surface area contributed by atoms with Crippen LogP contribution in [0, 0.1) is 17.8 Å². The number of hydrogen-bond acceptors (Lipinski definition) is 6. The number of fused-ring (bicyclic) bond motifs is 5. The number of esters is 1. The molecular weight excluding hydrogens is 334 g/mol. The Kier molecular flexibility index (Phi) is 3.87. The number of benzene rings is 1. The van der Waals surface area contributed by atoms with E-state index < -0.39 is 12.0 Å². The van der Waals surface area contributed by atoms with Gasteiger partial charge in [-0.1, -0.05) is 0 Å². The molecule has 0 amide bonds. The quantitative estimate of drug-likeness (QED) is 0.773. The fourth-order valence-corrected chi connectivity index (χ4v) is 5.59. The Morgan fingerprint density at radius 2 is 2.08 bits per heavy atom. The van der Waals surface area contributed by atoms with Crippen LogP contribution in [0.25, 0.3) is 0 Å². The van der Waals surface area contributed by atoms with E-state index in [-0.39, 0.29) is 24.7 Å². The van der Waals surface area contributed by atoms with E-state index in [0.29, 0.717) is 12.3 Å². The molecule has 0 spiro atoms. The van der Waals surface area contributed by atoms with Crippen molar-refractivity contribution in [3.8, 4) is 11.5 Å². The van der Waals surface area contributed by atoms with Gasteiger partial charge < -0.3 is 19.3 Å². The summed E-state index contributed by atoms with van der Waals surface area (Å²) in [6.07, 6.45) is 2.98. The molecule has 6 nitrogen and oxygen atoms in total. The largest absolute Gasteiger partial charge is 0.469 e. The zero-order valence-corrected chi connectivity index (χ0v) is 15.0. The maximum absolute atomic E-state index is 12.4. The van der Waals surface area contributed by atoms with E-state index in [1.54, 1.807) is 0 Å². The molecule has 3 aliphatic heterocycles. The second-order valence-electron chi connectivity index (χ2n) is 8.02. The van der Waals surface area contributed by atoms with E-state index in [4.69, 9.17) is 14.2 Å². The zero-order chi connectivity index (χ0) is 17.8. The Labute approximate surface area is 153 Å². The third-order valence-corrected chi connectivity index (χ3v) is 6.85. The number of piperidine rings is 1. The second-order valence-corrected chi connectivity index (χ2v) is 8.02. The molecule has 6 heteroatoms. The van der Waals surface area contributed by atoms with Crippen molar-refractivity contribution < 1.29 is 24.1 Å². The molecule has 2 fully saturated rings. The van der Waals surface area contributed by atoms with Crippen molar-refractivity contribution in [1.82, 2.24) is 4.90 Å². The topological polar surface area (TPSA) is 68.2 Å². The fourth-order valence-electron chi connectivity index (χ4n) is 5.59. The van der Waals surface area contributed by atoms with E-state index in [1.165, 1.54) is 18.2 Å². The van der Waals surface area contributed by atoms with Crippen molar-refractivity contribution >= 4 is 5.97 Å². The average Bonchev–Trinajstić information content (AvgIpc) is 3.11. The lowest BCUT2D eigenvalue weighted by Gasteiger charge is -2.51. The van der Waals surface area contributed by atoms with Crippen LogP contribution in [0.5, 0.6) is 11.5 Å². The smallest absolute Gasteiger partial charge is 0.311 e. The monoisotopic (exact) mass is 359 g/mol. The summed E-state index contributed by atoms with van der Waals surface area (Å²) in [5.41, 5.74) is 2.61. The molecule has 0 aromatic heterocycles. The number of methoxy groups -OCH3 is 1. The van der Waals surface area contributed by atoms with Crippen LogP contribution >= 0.6 is 0 Å². The van der Waals surface area contributed by atoms with Crippen LogP contribution in [0.1, 0.15) is 36.4 Å². The number of carbonyl (C=O) groups excluding carboxylic acids is 1. The molecule has 0 unspecified atom stereocenters. The third-order valence-electron chi connectivity index (χ3n) is 6.85. The van der Waals surface area contributed by atoms with Crippen LogP contribution in [-0.2, 0) is 16.0 Å². The Bertz CT molecular complexity index is 735. The first kappa shape index (κ1) is 16.4. The minimum absolute atomic E-state index is 0.170. The van der Waals surface area contributed by atoms with Gasteiger partial charge in [0.05, 0.1) is 19.1 Å². The molecular formula is C20H25NO5. The maximum atomic E-state index is 12.4. The minimum atomic E-state index is -0.588. The van der Waals surface area contributed by atoms with E-state index in [2.05, 4.69) is 17.0 Å². The van der Waals surface area contributed by atoms with Crippen molar-refractivity contribution in [3.05, 3.63) is 23.3 Å². The molecule has 1 saturated heterocycles. The van der Waals surface area contributed by atoms with E-state index >= 15 is 0 Å². The van der Waals surface area contributed by atoms with Gasteiger partial charge in [-0.25, -0.2) is 0 Å². The molecule has 26 heavy (non-hydrogen) atoms. The molecule has 1 aromatic rings. The molecule has 5 atom stereocenters. The first-order valence-electron chi connectivity index (χ1n) is 9.58. The van der Waals surface area contributed by atoms with Crippen molar-refractivity contribution in [2.45, 2.75) is 37.8 Å². The van der Waals surface area contributed by atoms with Gasteiger partial charge in [0, 0.05) is 19.1 Å². The van der Waals surface area contributed by atoms with Crippen molar-refractivity contribution in [1.29, 1.82) is 0 Å². The summed E-state index contributed by atoms with van der Waals surface area (Å²) in [7, 11) is 1.42. The van der Waals surface area contributed by atoms with Crippen LogP contribution in [0.4, 0.5) is 0 Å². The van der Waals surface area contributed by atoms with Gasteiger partial charge in [0.15, 0.2) is 11.5 Å². The Balaban J connectivity index is 1.49. The van der Waals surface area contributed by atoms with Gasteiger partial charge in [-0.2, -0.15) is 0 Å². The SMILES string of the molecule is COC(=O)[C@@H]1[C@H]2C[C@H]3c4cc5c(cc4CCN3C[C@@H]2CC[C@H]1O)OCO5. The number of aliphatic hydroxyl groups excluding tert-OH is 1. The first-order chi connectivity index (χ1) is 12.7. The summed E-state index contributed by atoms with van der Waals surface area (Å²) < 4.78 is 16.1. The van der Waals surface area contributed by atoms with Crippen molar-refractivity contribution in [2.75, 3.05) is 27.0 Å². The highest BCUT2D eigenvalue weighted by Crippen LogP contribution is 2.50. The summed E-state index contributed by atoms with van der Waals surface area (Å²) in [5.74, 6) is 1.62. The average molecular weight is 359 g/mol. The van der Waals surface area contributed by atoms with Crippen LogP contribution in [0.2, 0.25) is 0 Å². The highest BCUT2D eigenvalue weighted by Gasteiger charge is 2.49. The Morgan fingerprint density at radius 1 is 1.27 bits per heavy atom. The standard InChI is InChI=1S/C20H25NO5/c1-24-20(23)19-14-7-15-13-8-18-17(25-10-26-18)6-11(13)4-5-21(15)9-12(14)2-3-16(19)22/h6,8,12,14-16,19,22H,2-5,7,9-10H2,1H3/t12-,14-,15-,16+,19+/m0/s1. The molecule has 3 heterocycles. The molecule has 5 rings (SSSR count). The summed E-state index contributed by atoms with van der Waals surface area (Å²) in [6, 6.07) is 4.52. The molecule has 1 saturated carbocycles. The summed E-state index contributed by atoms with van der Waals surface area (Å²) in [6.45, 7) is 2.31. The van der Waals surface area contributed by atoms with Crippen molar-refractivity contribution in [2.24, 2.45) is 17.8 Å². The van der Waals surface area contributed by atoms with Gasteiger partial charge in [-0.3, -0.25) is 9.69 Å².